The molecule has 0 aliphatic heterocycles. The minimum absolute atomic E-state index is 0.476. The summed E-state index contributed by atoms with van der Waals surface area (Å²) in [5.41, 5.74) is 3.52. The van der Waals surface area contributed by atoms with Crippen molar-refractivity contribution in [2.75, 3.05) is 0 Å². The van der Waals surface area contributed by atoms with Gasteiger partial charge in [-0.05, 0) is 44.0 Å². The smallest absolute Gasteiger partial charge is 0.124 e. The summed E-state index contributed by atoms with van der Waals surface area (Å²) in [6.07, 6.45) is 1.10. The van der Waals surface area contributed by atoms with E-state index >= 15 is 0 Å². The van der Waals surface area contributed by atoms with Gasteiger partial charge in [-0.1, -0.05) is 48.4 Å². The first-order valence-corrected chi connectivity index (χ1v) is 8.16. The largest absolute Gasteiger partial charge is 0.489 e. The second-order valence-electron chi connectivity index (χ2n) is 5.72. The molecule has 118 valence electrons. The average Bonchev–Trinajstić information content (AvgIpc) is 2.53. The summed E-state index contributed by atoms with van der Waals surface area (Å²) < 4.78 is 5.99. The third-order valence-electron chi connectivity index (χ3n) is 3.79. The monoisotopic (exact) mass is 317 g/mol. The summed E-state index contributed by atoms with van der Waals surface area (Å²) in [5, 5.41) is 4.22. The van der Waals surface area contributed by atoms with Crippen LogP contribution in [0, 0.1) is 6.92 Å². The van der Waals surface area contributed by atoms with Crippen molar-refractivity contribution in [1.82, 2.24) is 5.32 Å². The number of aryl methyl sites for hydroxylation is 1. The van der Waals surface area contributed by atoms with Crippen molar-refractivity contribution < 1.29 is 4.74 Å². The standard InChI is InChI=1S/C19H24ClNO/c1-4-15(3)21-12-17-11-18(20)9-10-19(17)22-13-16-7-5-14(2)6-8-16/h5-11,15,21H,4,12-13H2,1-3H3. The zero-order valence-electron chi connectivity index (χ0n) is 13.5. The van der Waals surface area contributed by atoms with Crippen LogP contribution < -0.4 is 10.1 Å². The van der Waals surface area contributed by atoms with Crippen LogP contribution >= 0.6 is 11.6 Å². The van der Waals surface area contributed by atoms with Crippen LogP contribution in [-0.2, 0) is 13.2 Å². The van der Waals surface area contributed by atoms with Crippen LogP contribution in [0.1, 0.15) is 37.0 Å². The first-order chi connectivity index (χ1) is 10.6. The van der Waals surface area contributed by atoms with E-state index in [1.54, 1.807) is 0 Å². The van der Waals surface area contributed by atoms with Crippen LogP contribution in [0.2, 0.25) is 5.02 Å². The predicted molar refractivity (Wildman–Crippen MR) is 93.6 cm³/mol. The summed E-state index contributed by atoms with van der Waals surface area (Å²) >= 11 is 6.12. The Morgan fingerprint density at radius 2 is 1.86 bits per heavy atom. The Labute approximate surface area is 138 Å². The maximum absolute atomic E-state index is 6.12. The number of hydrogen-bond donors (Lipinski definition) is 1. The van der Waals surface area contributed by atoms with E-state index in [9.17, 15) is 0 Å². The first kappa shape index (κ1) is 16.9. The molecule has 0 fully saturated rings. The van der Waals surface area contributed by atoms with Gasteiger partial charge >= 0.3 is 0 Å². The Morgan fingerprint density at radius 1 is 1.14 bits per heavy atom. The number of nitrogens with one attached hydrogen (secondary N) is 1. The lowest BCUT2D eigenvalue weighted by Crippen LogP contribution is -2.24. The van der Waals surface area contributed by atoms with E-state index in [-0.39, 0.29) is 0 Å². The number of benzene rings is 2. The van der Waals surface area contributed by atoms with E-state index < -0.39 is 0 Å². The molecule has 2 nitrogen and oxygen atoms in total. The molecular weight excluding hydrogens is 294 g/mol. The van der Waals surface area contributed by atoms with Gasteiger partial charge in [0, 0.05) is 23.2 Å². The molecule has 0 bridgehead atoms. The van der Waals surface area contributed by atoms with Gasteiger partial charge in [0.1, 0.15) is 12.4 Å². The van der Waals surface area contributed by atoms with Crippen molar-refractivity contribution in [2.24, 2.45) is 0 Å². The summed E-state index contributed by atoms with van der Waals surface area (Å²) in [6.45, 7) is 7.77. The van der Waals surface area contributed by atoms with Gasteiger partial charge in [-0.25, -0.2) is 0 Å². The van der Waals surface area contributed by atoms with E-state index in [1.165, 1.54) is 11.1 Å². The van der Waals surface area contributed by atoms with Crippen molar-refractivity contribution in [3.05, 3.63) is 64.2 Å². The molecule has 2 aromatic carbocycles. The molecule has 2 aromatic rings. The lowest BCUT2D eigenvalue weighted by molar-refractivity contribution is 0.301. The molecule has 0 heterocycles. The second-order valence-corrected chi connectivity index (χ2v) is 6.15. The Hall–Kier alpha value is -1.51. The van der Waals surface area contributed by atoms with Crippen molar-refractivity contribution in [2.45, 2.75) is 46.4 Å². The maximum Gasteiger partial charge on any atom is 0.124 e. The van der Waals surface area contributed by atoms with Gasteiger partial charge in [0.15, 0.2) is 0 Å². The molecule has 3 heteroatoms. The second kappa shape index (κ2) is 8.21. The molecule has 22 heavy (non-hydrogen) atoms. The molecule has 1 N–H and O–H groups in total. The number of ether oxygens (including phenoxy) is 1. The number of rotatable bonds is 7. The molecule has 0 aliphatic carbocycles. The van der Waals surface area contributed by atoms with Crippen LogP contribution in [0.5, 0.6) is 5.75 Å². The summed E-state index contributed by atoms with van der Waals surface area (Å²) in [6, 6.07) is 14.7. The van der Waals surface area contributed by atoms with E-state index in [1.807, 2.05) is 18.2 Å². The van der Waals surface area contributed by atoms with Crippen LogP contribution in [0.3, 0.4) is 0 Å². The Morgan fingerprint density at radius 3 is 2.55 bits per heavy atom. The summed E-state index contributed by atoms with van der Waals surface area (Å²) in [7, 11) is 0. The molecule has 0 saturated heterocycles. The fourth-order valence-electron chi connectivity index (χ4n) is 2.10. The van der Waals surface area contributed by atoms with E-state index in [0.29, 0.717) is 12.6 Å². The average molecular weight is 318 g/mol. The van der Waals surface area contributed by atoms with E-state index in [2.05, 4.69) is 50.4 Å². The topological polar surface area (TPSA) is 21.3 Å². The molecule has 0 aliphatic rings. The van der Waals surface area contributed by atoms with Gasteiger partial charge in [-0.15, -0.1) is 0 Å². The zero-order valence-corrected chi connectivity index (χ0v) is 14.3. The fraction of sp³-hybridized carbons (Fsp3) is 0.368. The fourth-order valence-corrected chi connectivity index (χ4v) is 2.30. The number of hydrogen-bond acceptors (Lipinski definition) is 2. The maximum atomic E-state index is 6.12. The molecule has 0 spiro atoms. The van der Waals surface area contributed by atoms with E-state index in [4.69, 9.17) is 16.3 Å². The van der Waals surface area contributed by atoms with Crippen molar-refractivity contribution in [3.63, 3.8) is 0 Å². The SMILES string of the molecule is CCC(C)NCc1cc(Cl)ccc1OCc1ccc(C)cc1. The lowest BCUT2D eigenvalue weighted by Gasteiger charge is -2.15. The van der Waals surface area contributed by atoms with Gasteiger partial charge in [-0.2, -0.15) is 0 Å². The quantitative estimate of drug-likeness (QED) is 0.765. The van der Waals surface area contributed by atoms with Gasteiger partial charge in [0.25, 0.3) is 0 Å². The number of halogens is 1. The lowest BCUT2D eigenvalue weighted by atomic mass is 10.1. The van der Waals surface area contributed by atoms with Crippen LogP contribution in [0.15, 0.2) is 42.5 Å². The first-order valence-electron chi connectivity index (χ1n) is 7.78. The minimum atomic E-state index is 0.476. The van der Waals surface area contributed by atoms with Crippen LogP contribution in [0.4, 0.5) is 0 Å². The van der Waals surface area contributed by atoms with Gasteiger partial charge in [0.2, 0.25) is 0 Å². The summed E-state index contributed by atoms with van der Waals surface area (Å²) in [5.74, 6) is 0.890. The third-order valence-corrected chi connectivity index (χ3v) is 4.03. The van der Waals surface area contributed by atoms with Gasteiger partial charge in [0.05, 0.1) is 0 Å². The zero-order chi connectivity index (χ0) is 15.9. The highest BCUT2D eigenvalue weighted by atomic mass is 35.5. The molecule has 2 rings (SSSR count). The summed E-state index contributed by atoms with van der Waals surface area (Å²) in [4.78, 5) is 0. The highest BCUT2D eigenvalue weighted by Crippen LogP contribution is 2.24. The minimum Gasteiger partial charge on any atom is -0.489 e. The van der Waals surface area contributed by atoms with Crippen LogP contribution in [-0.4, -0.2) is 6.04 Å². The highest BCUT2D eigenvalue weighted by molar-refractivity contribution is 6.30. The van der Waals surface area contributed by atoms with Crippen molar-refractivity contribution in [1.29, 1.82) is 0 Å². The van der Waals surface area contributed by atoms with Gasteiger partial charge in [-0.3, -0.25) is 0 Å². The normalized spacial score (nSPS) is 12.2. The van der Waals surface area contributed by atoms with Crippen molar-refractivity contribution >= 4 is 11.6 Å². The van der Waals surface area contributed by atoms with Gasteiger partial charge < -0.3 is 10.1 Å². The molecule has 0 radical (unpaired) electrons. The molecular formula is C19H24ClNO. The third kappa shape index (κ3) is 5.04. The molecule has 0 aromatic heterocycles. The van der Waals surface area contributed by atoms with E-state index in [0.717, 1.165) is 29.3 Å². The molecule has 1 unspecified atom stereocenters. The molecule has 1 atom stereocenters. The predicted octanol–water partition coefficient (Wildman–Crippen LogP) is 5.12. The Bertz CT molecular complexity index is 595. The highest BCUT2D eigenvalue weighted by Gasteiger charge is 2.07. The molecule has 0 saturated carbocycles. The Balaban J connectivity index is 2.04. The van der Waals surface area contributed by atoms with Crippen LogP contribution in [0.25, 0.3) is 0 Å². The van der Waals surface area contributed by atoms with Crippen molar-refractivity contribution in [3.8, 4) is 5.75 Å². The molecule has 0 amide bonds. The Kier molecular flexibility index (Phi) is 6.29.